The number of allylic oxidation sites excluding steroid dienone is 1. The van der Waals surface area contributed by atoms with Gasteiger partial charge in [-0.2, -0.15) is 0 Å². The molecule has 0 aromatic carbocycles. The number of rotatable bonds is 4. The van der Waals surface area contributed by atoms with Crippen LogP contribution in [0.3, 0.4) is 0 Å². The van der Waals surface area contributed by atoms with Gasteiger partial charge in [0.05, 0.1) is 0 Å². The Morgan fingerprint density at radius 1 is 1.75 bits per heavy atom. The molecule has 0 aliphatic rings. The maximum Gasteiger partial charge on any atom is 0.145 e. The zero-order valence-electron chi connectivity index (χ0n) is 4.76. The van der Waals surface area contributed by atoms with E-state index in [-0.39, 0.29) is 6.61 Å². The highest BCUT2D eigenvalue weighted by molar-refractivity contribution is 5.71. The van der Waals surface area contributed by atoms with Crippen molar-refractivity contribution in [1.29, 1.82) is 0 Å². The fourth-order valence-electron chi connectivity index (χ4n) is 0.365. The summed E-state index contributed by atoms with van der Waals surface area (Å²) in [5, 5.41) is 8.25. The molecule has 46 valence electrons. The Bertz CT molecular complexity index is 86.5. The van der Waals surface area contributed by atoms with E-state index < -0.39 is 0 Å². The van der Waals surface area contributed by atoms with Crippen molar-refractivity contribution in [2.24, 2.45) is 0 Å². The minimum atomic E-state index is 0.132. The summed E-state index contributed by atoms with van der Waals surface area (Å²) < 4.78 is 0. The molecule has 0 aromatic heterocycles. The van der Waals surface area contributed by atoms with Crippen LogP contribution in [0.2, 0.25) is 0 Å². The van der Waals surface area contributed by atoms with Gasteiger partial charge in [-0.25, -0.2) is 0 Å². The van der Waals surface area contributed by atoms with Crippen LogP contribution in [-0.4, -0.2) is 18.0 Å². The molecule has 0 spiro atoms. The third-order valence-electron chi connectivity index (χ3n) is 0.823. The Labute approximate surface area is 48.8 Å². The molecule has 0 unspecified atom stereocenters. The predicted octanol–water partition coefficient (Wildman–Crippen LogP) is 0.514. The number of carbonyl (C=O) groups is 1. The van der Waals surface area contributed by atoms with Crippen molar-refractivity contribution in [2.75, 3.05) is 6.61 Å². The van der Waals surface area contributed by atoms with Gasteiger partial charge in [0, 0.05) is 6.61 Å². The molecule has 0 aromatic rings. The monoisotopic (exact) mass is 114 g/mol. The van der Waals surface area contributed by atoms with Gasteiger partial charge in [0.25, 0.3) is 0 Å². The summed E-state index contributed by atoms with van der Waals surface area (Å²) in [5.41, 5.74) is 0.555. The highest BCUT2D eigenvalue weighted by Gasteiger charge is 1.87. The number of hydrogen-bond donors (Lipinski definition) is 1. The highest BCUT2D eigenvalue weighted by Crippen LogP contribution is 1.95. The largest absolute Gasteiger partial charge is 0.396 e. The highest BCUT2D eigenvalue weighted by atomic mass is 16.2. The van der Waals surface area contributed by atoms with Gasteiger partial charge >= 0.3 is 0 Å². The minimum Gasteiger partial charge on any atom is -0.396 e. The van der Waals surface area contributed by atoms with Crippen molar-refractivity contribution in [3.63, 3.8) is 0 Å². The Morgan fingerprint density at radius 3 is 2.75 bits per heavy atom. The van der Waals surface area contributed by atoms with Gasteiger partial charge in [-0.15, -0.1) is 0 Å². The molecular weight excluding hydrogens is 104 g/mol. The molecule has 0 aliphatic heterocycles. The molecule has 0 fully saturated rings. The Balaban J connectivity index is 3.11. The lowest BCUT2D eigenvalue weighted by molar-refractivity contribution is -0.105. The van der Waals surface area contributed by atoms with Gasteiger partial charge in [-0.1, -0.05) is 6.58 Å². The number of aliphatic hydroxyl groups excluding tert-OH is 1. The van der Waals surface area contributed by atoms with Crippen LogP contribution in [-0.2, 0) is 4.79 Å². The second kappa shape index (κ2) is 4.53. The smallest absolute Gasteiger partial charge is 0.145 e. The first-order valence-electron chi connectivity index (χ1n) is 2.55. The molecule has 0 saturated carbocycles. The van der Waals surface area contributed by atoms with Gasteiger partial charge in [0.1, 0.15) is 6.29 Å². The standard InChI is InChI=1S/C6H10O2/c1-6(5-8)3-2-4-7/h5,7H,1-4H2. The molecular formula is C6H10O2. The van der Waals surface area contributed by atoms with E-state index in [9.17, 15) is 4.79 Å². The number of carbonyl (C=O) groups excluding carboxylic acids is 1. The van der Waals surface area contributed by atoms with Crippen molar-refractivity contribution in [1.82, 2.24) is 0 Å². The normalized spacial score (nSPS) is 8.62. The lowest BCUT2D eigenvalue weighted by Crippen LogP contribution is -1.86. The zero-order valence-corrected chi connectivity index (χ0v) is 4.76. The van der Waals surface area contributed by atoms with Crippen molar-refractivity contribution in [2.45, 2.75) is 12.8 Å². The summed E-state index contributed by atoms with van der Waals surface area (Å²) in [4.78, 5) is 9.83. The summed E-state index contributed by atoms with van der Waals surface area (Å²) >= 11 is 0. The molecule has 0 rings (SSSR count). The Morgan fingerprint density at radius 2 is 2.38 bits per heavy atom. The zero-order chi connectivity index (χ0) is 6.41. The van der Waals surface area contributed by atoms with Gasteiger partial charge in [0.15, 0.2) is 0 Å². The quantitative estimate of drug-likeness (QED) is 0.427. The van der Waals surface area contributed by atoms with E-state index in [1.807, 2.05) is 0 Å². The first-order chi connectivity index (χ1) is 3.81. The molecule has 2 nitrogen and oxygen atoms in total. The van der Waals surface area contributed by atoms with E-state index in [0.717, 1.165) is 6.29 Å². The fourth-order valence-corrected chi connectivity index (χ4v) is 0.365. The molecule has 0 radical (unpaired) electrons. The van der Waals surface area contributed by atoms with E-state index >= 15 is 0 Å². The van der Waals surface area contributed by atoms with Crippen LogP contribution >= 0.6 is 0 Å². The SMILES string of the molecule is C=C(C=O)CCCO. The minimum absolute atomic E-state index is 0.132. The van der Waals surface area contributed by atoms with Gasteiger partial charge in [-0.05, 0) is 18.4 Å². The average Bonchev–Trinajstić information content (AvgIpc) is 1.83. The average molecular weight is 114 g/mol. The molecule has 1 N–H and O–H groups in total. The summed E-state index contributed by atoms with van der Waals surface area (Å²) in [6, 6.07) is 0. The van der Waals surface area contributed by atoms with Crippen molar-refractivity contribution in [3.05, 3.63) is 12.2 Å². The Kier molecular flexibility index (Phi) is 4.17. The summed E-state index contributed by atoms with van der Waals surface area (Å²) in [6.45, 7) is 3.56. The molecule has 0 heterocycles. The van der Waals surface area contributed by atoms with Crippen molar-refractivity contribution in [3.8, 4) is 0 Å². The van der Waals surface area contributed by atoms with Crippen molar-refractivity contribution < 1.29 is 9.90 Å². The van der Waals surface area contributed by atoms with Crippen LogP contribution in [0, 0.1) is 0 Å². The van der Waals surface area contributed by atoms with Gasteiger partial charge in [-0.3, -0.25) is 4.79 Å². The topological polar surface area (TPSA) is 37.3 Å². The van der Waals surface area contributed by atoms with Crippen LogP contribution in [0.1, 0.15) is 12.8 Å². The molecule has 0 amide bonds. The second-order valence-electron chi connectivity index (χ2n) is 1.60. The third kappa shape index (κ3) is 3.56. The lowest BCUT2D eigenvalue weighted by atomic mass is 10.2. The first-order valence-corrected chi connectivity index (χ1v) is 2.55. The summed E-state index contributed by atoms with van der Waals surface area (Å²) in [6.07, 6.45) is 1.97. The van der Waals surface area contributed by atoms with Crippen LogP contribution in [0.5, 0.6) is 0 Å². The predicted molar refractivity (Wildman–Crippen MR) is 31.5 cm³/mol. The molecule has 0 aliphatic carbocycles. The molecule has 8 heavy (non-hydrogen) atoms. The molecule has 0 atom stereocenters. The molecule has 0 saturated heterocycles. The van der Waals surface area contributed by atoms with Crippen LogP contribution in [0.4, 0.5) is 0 Å². The van der Waals surface area contributed by atoms with Gasteiger partial charge in [0.2, 0.25) is 0 Å². The van der Waals surface area contributed by atoms with E-state index in [0.29, 0.717) is 18.4 Å². The van der Waals surface area contributed by atoms with E-state index in [2.05, 4.69) is 6.58 Å². The van der Waals surface area contributed by atoms with Crippen molar-refractivity contribution >= 4 is 6.29 Å². The van der Waals surface area contributed by atoms with Crippen LogP contribution < -0.4 is 0 Å². The van der Waals surface area contributed by atoms with E-state index in [1.54, 1.807) is 0 Å². The summed E-state index contributed by atoms with van der Waals surface area (Å²) in [5.74, 6) is 0. The first kappa shape index (κ1) is 7.37. The molecule has 0 bridgehead atoms. The maximum absolute atomic E-state index is 9.83. The van der Waals surface area contributed by atoms with Crippen LogP contribution in [0.15, 0.2) is 12.2 Å². The number of hydrogen-bond acceptors (Lipinski definition) is 2. The maximum atomic E-state index is 9.83. The molecule has 2 heteroatoms. The lowest BCUT2D eigenvalue weighted by Gasteiger charge is -1.90. The second-order valence-corrected chi connectivity index (χ2v) is 1.60. The number of aldehydes is 1. The van der Waals surface area contributed by atoms with Gasteiger partial charge < -0.3 is 5.11 Å². The number of aliphatic hydroxyl groups is 1. The van der Waals surface area contributed by atoms with Crippen LogP contribution in [0.25, 0.3) is 0 Å². The van der Waals surface area contributed by atoms with E-state index in [4.69, 9.17) is 5.11 Å². The summed E-state index contributed by atoms with van der Waals surface area (Å²) in [7, 11) is 0. The Hall–Kier alpha value is -0.630. The fraction of sp³-hybridized carbons (Fsp3) is 0.500. The van der Waals surface area contributed by atoms with E-state index in [1.165, 1.54) is 0 Å². The third-order valence-corrected chi connectivity index (χ3v) is 0.823.